The second-order valence-electron chi connectivity index (χ2n) is 4.06. The summed E-state index contributed by atoms with van der Waals surface area (Å²) in [4.78, 5) is 1.21. The molecule has 0 aliphatic heterocycles. The molecule has 1 unspecified atom stereocenters. The quantitative estimate of drug-likeness (QED) is 0.790. The maximum absolute atomic E-state index is 10.1. The van der Waals surface area contributed by atoms with Crippen molar-refractivity contribution in [1.29, 1.82) is 0 Å². The van der Waals surface area contributed by atoms with Crippen LogP contribution >= 0.6 is 27.3 Å². The van der Waals surface area contributed by atoms with Gasteiger partial charge in [0.05, 0.1) is 9.39 Å². The smallest absolute Gasteiger partial charge is 0.0791 e. The average molecular weight is 292 g/mol. The van der Waals surface area contributed by atoms with Gasteiger partial charge in [-0.25, -0.2) is 0 Å². The molecule has 1 heterocycles. The molecule has 0 aromatic carbocycles. The summed E-state index contributed by atoms with van der Waals surface area (Å²) in [7, 11) is 0. The number of aliphatic hydroxyl groups is 1. The molecular formula is C11H18BrNOS. The van der Waals surface area contributed by atoms with Crippen LogP contribution in [0.2, 0.25) is 0 Å². The van der Waals surface area contributed by atoms with Gasteiger partial charge in [-0.3, -0.25) is 0 Å². The molecule has 0 radical (unpaired) electrons. The topological polar surface area (TPSA) is 32.3 Å². The lowest BCUT2D eigenvalue weighted by Crippen LogP contribution is -2.39. The van der Waals surface area contributed by atoms with E-state index < -0.39 is 5.60 Å². The zero-order chi connectivity index (χ0) is 11.3. The van der Waals surface area contributed by atoms with E-state index >= 15 is 0 Å². The highest BCUT2D eigenvalue weighted by Gasteiger charge is 2.21. The van der Waals surface area contributed by atoms with E-state index in [0.29, 0.717) is 13.0 Å². The van der Waals surface area contributed by atoms with Crippen molar-refractivity contribution < 1.29 is 5.11 Å². The van der Waals surface area contributed by atoms with E-state index in [1.807, 2.05) is 13.0 Å². The predicted octanol–water partition coefficient (Wildman–Crippen LogP) is 2.80. The summed E-state index contributed by atoms with van der Waals surface area (Å²) in [6.07, 6.45) is 1.81. The summed E-state index contributed by atoms with van der Waals surface area (Å²) in [5.74, 6) is 0. The van der Waals surface area contributed by atoms with Crippen LogP contribution in [0.5, 0.6) is 0 Å². The lowest BCUT2D eigenvalue weighted by atomic mass is 10.0. The first-order valence-corrected chi connectivity index (χ1v) is 6.82. The molecular weight excluding hydrogens is 274 g/mol. The van der Waals surface area contributed by atoms with Crippen molar-refractivity contribution in [3.63, 3.8) is 0 Å². The van der Waals surface area contributed by atoms with Gasteiger partial charge in [-0.15, -0.1) is 11.3 Å². The number of hydrogen-bond donors (Lipinski definition) is 2. The van der Waals surface area contributed by atoms with Crippen LogP contribution in [0.25, 0.3) is 0 Å². The molecule has 1 aromatic rings. The van der Waals surface area contributed by atoms with Gasteiger partial charge in [0.15, 0.2) is 0 Å². The van der Waals surface area contributed by atoms with Crippen LogP contribution in [0.15, 0.2) is 15.9 Å². The molecule has 0 spiro atoms. The Morgan fingerprint density at radius 2 is 2.27 bits per heavy atom. The lowest BCUT2D eigenvalue weighted by Gasteiger charge is -2.22. The second kappa shape index (κ2) is 5.99. The van der Waals surface area contributed by atoms with Gasteiger partial charge in [0.2, 0.25) is 0 Å². The van der Waals surface area contributed by atoms with Gasteiger partial charge in [-0.2, -0.15) is 0 Å². The first kappa shape index (κ1) is 13.2. The van der Waals surface area contributed by atoms with E-state index in [1.54, 1.807) is 11.3 Å². The molecule has 2 nitrogen and oxygen atoms in total. The number of hydrogen-bond acceptors (Lipinski definition) is 3. The van der Waals surface area contributed by atoms with Crippen LogP contribution in [-0.4, -0.2) is 23.8 Å². The summed E-state index contributed by atoms with van der Waals surface area (Å²) < 4.78 is 1.12. The number of halogens is 1. The first-order valence-electron chi connectivity index (χ1n) is 5.21. The summed E-state index contributed by atoms with van der Waals surface area (Å²) >= 11 is 5.11. The van der Waals surface area contributed by atoms with E-state index in [-0.39, 0.29) is 0 Å². The largest absolute Gasteiger partial charge is 0.388 e. The Kier molecular flexibility index (Phi) is 5.26. The maximum Gasteiger partial charge on any atom is 0.0791 e. The van der Waals surface area contributed by atoms with Gasteiger partial charge >= 0.3 is 0 Å². The SMILES string of the molecule is CCCNCC(C)(O)Cc1ccc(Br)s1. The summed E-state index contributed by atoms with van der Waals surface area (Å²) in [6, 6.07) is 4.08. The van der Waals surface area contributed by atoms with Crippen LogP contribution in [-0.2, 0) is 6.42 Å². The molecule has 0 aliphatic carbocycles. The van der Waals surface area contributed by atoms with Gasteiger partial charge in [-0.05, 0) is 48.0 Å². The Hall–Kier alpha value is 0.1000. The molecule has 1 atom stereocenters. The minimum absolute atomic E-state index is 0.649. The van der Waals surface area contributed by atoms with Gasteiger partial charge in [0.1, 0.15) is 0 Å². The van der Waals surface area contributed by atoms with Crippen molar-refractivity contribution >= 4 is 27.3 Å². The Bertz CT molecular complexity index is 299. The van der Waals surface area contributed by atoms with Gasteiger partial charge in [0, 0.05) is 17.8 Å². The van der Waals surface area contributed by atoms with Crippen LogP contribution in [0.1, 0.15) is 25.1 Å². The van der Waals surface area contributed by atoms with Gasteiger partial charge in [-0.1, -0.05) is 6.92 Å². The third-order valence-corrected chi connectivity index (χ3v) is 3.74. The fourth-order valence-electron chi connectivity index (χ4n) is 1.42. The summed E-state index contributed by atoms with van der Waals surface area (Å²) in [5.41, 5.74) is -0.653. The Morgan fingerprint density at radius 1 is 1.53 bits per heavy atom. The van der Waals surface area contributed by atoms with E-state index in [2.05, 4.69) is 34.2 Å². The zero-order valence-corrected chi connectivity index (χ0v) is 11.6. The molecule has 0 saturated heterocycles. The lowest BCUT2D eigenvalue weighted by molar-refractivity contribution is 0.0612. The van der Waals surface area contributed by atoms with E-state index in [9.17, 15) is 5.11 Å². The third kappa shape index (κ3) is 5.11. The minimum Gasteiger partial charge on any atom is -0.388 e. The standard InChI is InChI=1S/C11H18BrNOS/c1-3-6-13-8-11(2,14)7-9-4-5-10(12)15-9/h4-5,13-14H,3,6-8H2,1-2H3. The molecule has 1 rings (SSSR count). The molecule has 4 heteroatoms. The predicted molar refractivity (Wildman–Crippen MR) is 69.5 cm³/mol. The number of nitrogens with one attached hydrogen (secondary N) is 1. The van der Waals surface area contributed by atoms with Crippen LogP contribution in [0, 0.1) is 0 Å². The summed E-state index contributed by atoms with van der Waals surface area (Å²) in [5, 5.41) is 13.4. The fourth-order valence-corrected chi connectivity index (χ4v) is 3.08. The highest BCUT2D eigenvalue weighted by Crippen LogP contribution is 2.25. The fraction of sp³-hybridized carbons (Fsp3) is 0.636. The average Bonchev–Trinajstić information content (AvgIpc) is 2.50. The van der Waals surface area contributed by atoms with Crippen LogP contribution < -0.4 is 5.32 Å². The van der Waals surface area contributed by atoms with Crippen molar-refractivity contribution in [2.24, 2.45) is 0 Å². The molecule has 0 bridgehead atoms. The van der Waals surface area contributed by atoms with Crippen molar-refractivity contribution in [2.75, 3.05) is 13.1 Å². The molecule has 1 aromatic heterocycles. The summed E-state index contributed by atoms with van der Waals surface area (Å²) in [6.45, 7) is 5.61. The molecule has 86 valence electrons. The maximum atomic E-state index is 10.1. The van der Waals surface area contributed by atoms with E-state index in [0.717, 1.165) is 16.8 Å². The van der Waals surface area contributed by atoms with Crippen LogP contribution in [0.4, 0.5) is 0 Å². The first-order chi connectivity index (χ1) is 7.03. The van der Waals surface area contributed by atoms with Crippen molar-refractivity contribution in [1.82, 2.24) is 5.32 Å². The highest BCUT2D eigenvalue weighted by atomic mass is 79.9. The number of rotatable bonds is 6. The monoisotopic (exact) mass is 291 g/mol. The minimum atomic E-state index is -0.653. The Morgan fingerprint density at radius 3 is 2.80 bits per heavy atom. The number of thiophene rings is 1. The van der Waals surface area contributed by atoms with Crippen molar-refractivity contribution in [3.05, 3.63) is 20.8 Å². The normalized spacial score (nSPS) is 15.2. The van der Waals surface area contributed by atoms with Gasteiger partial charge < -0.3 is 10.4 Å². The van der Waals surface area contributed by atoms with Gasteiger partial charge in [0.25, 0.3) is 0 Å². The van der Waals surface area contributed by atoms with E-state index in [1.165, 1.54) is 4.88 Å². The molecule has 0 aliphatic rings. The second-order valence-corrected chi connectivity index (χ2v) is 6.60. The van der Waals surface area contributed by atoms with E-state index in [4.69, 9.17) is 0 Å². The molecule has 2 N–H and O–H groups in total. The highest BCUT2D eigenvalue weighted by molar-refractivity contribution is 9.11. The van der Waals surface area contributed by atoms with Crippen LogP contribution in [0.3, 0.4) is 0 Å². The van der Waals surface area contributed by atoms with Crippen molar-refractivity contribution in [2.45, 2.75) is 32.3 Å². The molecule has 0 amide bonds. The zero-order valence-electron chi connectivity index (χ0n) is 9.22. The third-order valence-electron chi connectivity index (χ3n) is 2.12. The Labute approximate surface area is 104 Å². The van der Waals surface area contributed by atoms with Crippen molar-refractivity contribution in [3.8, 4) is 0 Å². The molecule has 0 saturated carbocycles. The Balaban J connectivity index is 2.41. The molecule has 0 fully saturated rings. The molecule has 15 heavy (non-hydrogen) atoms.